The first-order valence-electron chi connectivity index (χ1n) is 6.95. The van der Waals surface area contributed by atoms with Crippen LogP contribution in [0.5, 0.6) is 0 Å². The van der Waals surface area contributed by atoms with Crippen molar-refractivity contribution in [1.82, 2.24) is 4.90 Å². The summed E-state index contributed by atoms with van der Waals surface area (Å²) in [5.74, 6) is -5.67. The first kappa shape index (κ1) is 16.3. The number of aliphatic carboxylic acids is 1. The third-order valence-corrected chi connectivity index (χ3v) is 3.98. The molecular weight excluding hydrogens is 299 g/mol. The molecule has 120 valence electrons. The molecule has 1 aliphatic heterocycles. The number of carboxylic acids is 1. The van der Waals surface area contributed by atoms with Crippen LogP contribution in [0.1, 0.15) is 25.3 Å². The van der Waals surface area contributed by atoms with Crippen molar-refractivity contribution in [3.8, 4) is 0 Å². The van der Waals surface area contributed by atoms with Crippen molar-refractivity contribution in [3.63, 3.8) is 0 Å². The van der Waals surface area contributed by atoms with Gasteiger partial charge in [0.1, 0.15) is 5.82 Å². The number of hydrogen-bond donors (Lipinski definition) is 1. The average molecular weight is 315 g/mol. The fraction of sp³-hybridized carbons (Fsp3) is 0.467. The topological polar surface area (TPSA) is 57.6 Å². The first-order chi connectivity index (χ1) is 10.3. The molecule has 7 heteroatoms. The van der Waals surface area contributed by atoms with E-state index >= 15 is 0 Å². The lowest BCUT2D eigenvalue weighted by Gasteiger charge is -2.36. The molecule has 1 aromatic rings. The highest BCUT2D eigenvalue weighted by Gasteiger charge is 2.32. The molecule has 1 aromatic carbocycles. The van der Waals surface area contributed by atoms with Crippen LogP contribution in [-0.4, -0.2) is 34.5 Å². The zero-order chi connectivity index (χ0) is 16.4. The normalized spacial score (nSPS) is 21.7. The molecule has 22 heavy (non-hydrogen) atoms. The lowest BCUT2D eigenvalue weighted by Crippen LogP contribution is -2.48. The van der Waals surface area contributed by atoms with Crippen LogP contribution in [0.25, 0.3) is 0 Å². The highest BCUT2D eigenvalue weighted by Crippen LogP contribution is 2.23. The summed E-state index contributed by atoms with van der Waals surface area (Å²) in [6.07, 6.45) is 0.572. The molecule has 1 amide bonds. The van der Waals surface area contributed by atoms with Crippen LogP contribution in [0.2, 0.25) is 0 Å². The van der Waals surface area contributed by atoms with Crippen molar-refractivity contribution in [2.75, 3.05) is 6.54 Å². The number of carbonyl (C=O) groups excluding carboxylic acids is 1. The van der Waals surface area contributed by atoms with Crippen molar-refractivity contribution in [3.05, 3.63) is 35.1 Å². The van der Waals surface area contributed by atoms with Gasteiger partial charge in [-0.3, -0.25) is 9.59 Å². The number of nitrogens with zero attached hydrogens (tertiary/aromatic N) is 1. The Kier molecular flexibility index (Phi) is 4.73. The highest BCUT2D eigenvalue weighted by molar-refractivity contribution is 5.80. The second-order valence-corrected chi connectivity index (χ2v) is 5.54. The number of halogens is 3. The van der Waals surface area contributed by atoms with E-state index in [1.165, 1.54) is 4.90 Å². The van der Waals surface area contributed by atoms with Crippen molar-refractivity contribution in [1.29, 1.82) is 0 Å². The molecule has 1 aliphatic rings. The second-order valence-electron chi connectivity index (χ2n) is 5.54. The predicted octanol–water partition coefficient (Wildman–Crippen LogP) is 2.36. The Balaban J connectivity index is 2.14. The summed E-state index contributed by atoms with van der Waals surface area (Å²) in [6.45, 7) is 1.82. The summed E-state index contributed by atoms with van der Waals surface area (Å²) >= 11 is 0. The summed E-state index contributed by atoms with van der Waals surface area (Å²) < 4.78 is 39.6. The van der Waals surface area contributed by atoms with Gasteiger partial charge in [0.05, 0.1) is 12.3 Å². The lowest BCUT2D eigenvalue weighted by atomic mass is 9.93. The Labute approximate surface area is 125 Å². The maximum Gasteiger partial charge on any atom is 0.308 e. The molecule has 0 bridgehead atoms. The summed E-state index contributed by atoms with van der Waals surface area (Å²) in [6, 6.07) is 0.889. The molecule has 0 radical (unpaired) electrons. The summed E-state index contributed by atoms with van der Waals surface area (Å²) in [5, 5.41) is 9.04. The lowest BCUT2D eigenvalue weighted by molar-refractivity contribution is -0.147. The van der Waals surface area contributed by atoms with E-state index in [2.05, 4.69) is 0 Å². The maximum absolute atomic E-state index is 13.6. The Hall–Kier alpha value is -2.05. The molecule has 2 rings (SSSR count). The van der Waals surface area contributed by atoms with Crippen LogP contribution in [0.3, 0.4) is 0 Å². The van der Waals surface area contributed by atoms with Gasteiger partial charge < -0.3 is 10.0 Å². The van der Waals surface area contributed by atoms with Crippen molar-refractivity contribution in [2.24, 2.45) is 5.92 Å². The molecule has 1 fully saturated rings. The molecule has 2 unspecified atom stereocenters. The van der Waals surface area contributed by atoms with Crippen molar-refractivity contribution < 1.29 is 27.9 Å². The van der Waals surface area contributed by atoms with E-state index in [4.69, 9.17) is 5.11 Å². The van der Waals surface area contributed by atoms with E-state index in [0.29, 0.717) is 25.0 Å². The number of carboxylic acid groups (broad SMARTS) is 1. The first-order valence-corrected chi connectivity index (χ1v) is 6.95. The van der Waals surface area contributed by atoms with E-state index in [0.717, 1.165) is 0 Å². The molecule has 1 saturated heterocycles. The highest BCUT2D eigenvalue weighted by atomic mass is 19.2. The number of carbonyl (C=O) groups is 2. The van der Waals surface area contributed by atoms with Crippen LogP contribution in [0.4, 0.5) is 13.2 Å². The minimum Gasteiger partial charge on any atom is -0.481 e. The Bertz CT molecular complexity index is 606. The number of piperidine rings is 1. The quantitative estimate of drug-likeness (QED) is 0.871. The molecule has 0 aliphatic carbocycles. The standard InChI is InChI=1S/C15H16F3NO3/c1-8-2-3-9(15(21)22)7-19(8)14(20)5-10-4-12(17)13(18)6-11(10)16/h4,6,8-9H,2-3,5,7H2,1H3,(H,21,22). The van der Waals surface area contributed by atoms with E-state index < -0.39 is 41.7 Å². The van der Waals surface area contributed by atoms with Gasteiger partial charge in [-0.2, -0.15) is 0 Å². The van der Waals surface area contributed by atoms with Gasteiger partial charge in [-0.15, -0.1) is 0 Å². The van der Waals surface area contributed by atoms with Gasteiger partial charge >= 0.3 is 5.97 Å². The Morgan fingerprint density at radius 1 is 1.18 bits per heavy atom. The van der Waals surface area contributed by atoms with E-state index in [1.807, 2.05) is 0 Å². The third kappa shape index (κ3) is 3.40. The second kappa shape index (κ2) is 6.37. The van der Waals surface area contributed by atoms with Crippen molar-refractivity contribution >= 4 is 11.9 Å². The van der Waals surface area contributed by atoms with Gasteiger partial charge in [-0.1, -0.05) is 0 Å². The molecular formula is C15H16F3NO3. The zero-order valence-electron chi connectivity index (χ0n) is 12.0. The maximum atomic E-state index is 13.6. The molecule has 1 heterocycles. The number of likely N-dealkylation sites (tertiary alicyclic amines) is 1. The average Bonchev–Trinajstić information content (AvgIpc) is 2.44. The number of amides is 1. The fourth-order valence-corrected chi connectivity index (χ4v) is 2.62. The van der Waals surface area contributed by atoms with Crippen LogP contribution < -0.4 is 0 Å². The zero-order valence-corrected chi connectivity index (χ0v) is 12.0. The van der Waals surface area contributed by atoms with E-state index in [-0.39, 0.29) is 18.2 Å². The van der Waals surface area contributed by atoms with Gasteiger partial charge in [0.25, 0.3) is 0 Å². The molecule has 0 spiro atoms. The predicted molar refractivity (Wildman–Crippen MR) is 71.6 cm³/mol. The Morgan fingerprint density at radius 2 is 1.82 bits per heavy atom. The number of benzene rings is 1. The van der Waals surface area contributed by atoms with Gasteiger partial charge in [-0.25, -0.2) is 13.2 Å². The molecule has 1 N–H and O–H groups in total. The molecule has 4 nitrogen and oxygen atoms in total. The molecule has 0 saturated carbocycles. The third-order valence-electron chi connectivity index (χ3n) is 3.98. The number of hydrogen-bond acceptors (Lipinski definition) is 2. The summed E-state index contributed by atoms with van der Waals surface area (Å²) in [7, 11) is 0. The van der Waals surface area contributed by atoms with E-state index in [9.17, 15) is 22.8 Å². The van der Waals surface area contributed by atoms with Gasteiger partial charge in [0.2, 0.25) is 5.91 Å². The monoisotopic (exact) mass is 315 g/mol. The fourth-order valence-electron chi connectivity index (χ4n) is 2.62. The molecule has 0 aromatic heterocycles. The van der Waals surface area contributed by atoms with Crippen LogP contribution in [-0.2, 0) is 16.0 Å². The van der Waals surface area contributed by atoms with Gasteiger partial charge in [-0.05, 0) is 25.8 Å². The summed E-state index contributed by atoms with van der Waals surface area (Å²) in [5.41, 5.74) is -0.242. The SMILES string of the molecule is CC1CCC(C(=O)O)CN1C(=O)Cc1cc(F)c(F)cc1F. The number of rotatable bonds is 3. The van der Waals surface area contributed by atoms with Crippen LogP contribution >= 0.6 is 0 Å². The minimum atomic E-state index is -1.31. The minimum absolute atomic E-state index is 0.0423. The van der Waals surface area contributed by atoms with Gasteiger partial charge in [0, 0.05) is 24.2 Å². The van der Waals surface area contributed by atoms with Crippen LogP contribution in [0.15, 0.2) is 12.1 Å². The van der Waals surface area contributed by atoms with E-state index in [1.54, 1.807) is 6.92 Å². The summed E-state index contributed by atoms with van der Waals surface area (Å²) in [4.78, 5) is 24.6. The smallest absolute Gasteiger partial charge is 0.308 e. The van der Waals surface area contributed by atoms with Gasteiger partial charge in [0.15, 0.2) is 11.6 Å². The Morgan fingerprint density at radius 3 is 2.45 bits per heavy atom. The largest absolute Gasteiger partial charge is 0.481 e. The molecule has 2 atom stereocenters. The van der Waals surface area contributed by atoms with Crippen LogP contribution in [0, 0.1) is 23.4 Å². The van der Waals surface area contributed by atoms with Crippen molar-refractivity contribution in [2.45, 2.75) is 32.2 Å².